The first-order chi connectivity index (χ1) is 8.15. The standard InChI is InChI=1S/C10H10BrFN4O/c1-6-15-9(17-16-6)2-3-13-10-8(12)4-7(11)5-14-10/h4-5H,2-3H2,1H3,(H,13,14). The molecule has 0 saturated heterocycles. The van der Waals surface area contributed by atoms with Crippen LogP contribution in [0.2, 0.25) is 0 Å². The van der Waals surface area contributed by atoms with Crippen LogP contribution in [-0.4, -0.2) is 21.7 Å². The molecule has 0 spiro atoms. The summed E-state index contributed by atoms with van der Waals surface area (Å²) >= 11 is 3.14. The topological polar surface area (TPSA) is 63.8 Å². The average Bonchev–Trinajstić information content (AvgIpc) is 2.68. The monoisotopic (exact) mass is 300 g/mol. The summed E-state index contributed by atoms with van der Waals surface area (Å²) in [4.78, 5) is 7.95. The van der Waals surface area contributed by atoms with Crippen LogP contribution < -0.4 is 5.32 Å². The number of pyridine rings is 1. The van der Waals surface area contributed by atoms with Crippen molar-refractivity contribution in [2.75, 3.05) is 11.9 Å². The van der Waals surface area contributed by atoms with E-state index in [9.17, 15) is 4.39 Å². The molecule has 0 unspecified atom stereocenters. The zero-order valence-electron chi connectivity index (χ0n) is 9.07. The van der Waals surface area contributed by atoms with Gasteiger partial charge in [-0.15, -0.1) is 0 Å². The normalized spacial score (nSPS) is 10.5. The Bertz CT molecular complexity index is 517. The maximum atomic E-state index is 13.4. The highest BCUT2D eigenvalue weighted by molar-refractivity contribution is 9.10. The van der Waals surface area contributed by atoms with E-state index in [-0.39, 0.29) is 5.82 Å². The SMILES string of the molecule is Cc1noc(CCNc2ncc(Br)cc2F)n1. The lowest BCUT2D eigenvalue weighted by atomic mass is 10.4. The molecular formula is C10H10BrFN4O. The summed E-state index contributed by atoms with van der Waals surface area (Å²) in [6, 6.07) is 1.35. The molecule has 0 radical (unpaired) electrons. The second-order valence-corrected chi connectivity index (χ2v) is 4.31. The van der Waals surface area contributed by atoms with E-state index >= 15 is 0 Å². The van der Waals surface area contributed by atoms with Gasteiger partial charge < -0.3 is 9.84 Å². The summed E-state index contributed by atoms with van der Waals surface area (Å²) in [5.74, 6) is 0.922. The largest absolute Gasteiger partial charge is 0.367 e. The lowest BCUT2D eigenvalue weighted by Gasteiger charge is -2.04. The van der Waals surface area contributed by atoms with Crippen molar-refractivity contribution in [3.63, 3.8) is 0 Å². The average molecular weight is 301 g/mol. The van der Waals surface area contributed by atoms with Crippen LogP contribution in [0.1, 0.15) is 11.7 Å². The maximum Gasteiger partial charge on any atom is 0.228 e. The Morgan fingerprint density at radius 1 is 1.53 bits per heavy atom. The van der Waals surface area contributed by atoms with E-state index in [1.807, 2.05) is 0 Å². The molecule has 0 aliphatic heterocycles. The van der Waals surface area contributed by atoms with E-state index in [1.54, 1.807) is 6.92 Å². The molecule has 0 aromatic carbocycles. The number of aromatic nitrogens is 3. The first-order valence-corrected chi connectivity index (χ1v) is 5.78. The van der Waals surface area contributed by atoms with E-state index in [1.165, 1.54) is 12.3 Å². The third-order valence-corrected chi connectivity index (χ3v) is 2.44. The molecule has 17 heavy (non-hydrogen) atoms. The van der Waals surface area contributed by atoms with Crippen LogP contribution >= 0.6 is 15.9 Å². The zero-order valence-corrected chi connectivity index (χ0v) is 10.7. The van der Waals surface area contributed by atoms with Crippen LogP contribution in [0.15, 0.2) is 21.3 Å². The van der Waals surface area contributed by atoms with Crippen molar-refractivity contribution in [1.29, 1.82) is 0 Å². The Labute approximate surface area is 106 Å². The van der Waals surface area contributed by atoms with Gasteiger partial charge in [0.15, 0.2) is 17.5 Å². The molecule has 7 heteroatoms. The minimum absolute atomic E-state index is 0.212. The van der Waals surface area contributed by atoms with Crippen LogP contribution in [0.3, 0.4) is 0 Å². The third kappa shape index (κ3) is 3.23. The minimum Gasteiger partial charge on any atom is -0.367 e. The first kappa shape index (κ1) is 12.0. The Kier molecular flexibility index (Phi) is 3.68. The molecule has 2 aromatic rings. The zero-order chi connectivity index (χ0) is 12.3. The van der Waals surface area contributed by atoms with Crippen LogP contribution in [0.4, 0.5) is 10.2 Å². The summed E-state index contributed by atoms with van der Waals surface area (Å²) < 4.78 is 18.9. The van der Waals surface area contributed by atoms with Gasteiger partial charge in [0.2, 0.25) is 5.89 Å². The van der Waals surface area contributed by atoms with Crippen LogP contribution in [-0.2, 0) is 6.42 Å². The van der Waals surface area contributed by atoms with Gasteiger partial charge in [0, 0.05) is 23.6 Å². The van der Waals surface area contributed by atoms with Crippen LogP contribution in [0.25, 0.3) is 0 Å². The van der Waals surface area contributed by atoms with Gasteiger partial charge in [0.05, 0.1) is 0 Å². The fraction of sp³-hybridized carbons (Fsp3) is 0.300. The van der Waals surface area contributed by atoms with Crippen molar-refractivity contribution in [2.24, 2.45) is 0 Å². The Morgan fingerprint density at radius 3 is 3.00 bits per heavy atom. The molecule has 2 aromatic heterocycles. The number of rotatable bonds is 4. The van der Waals surface area contributed by atoms with Gasteiger partial charge in [0.25, 0.3) is 0 Å². The highest BCUT2D eigenvalue weighted by atomic mass is 79.9. The smallest absolute Gasteiger partial charge is 0.228 e. The molecule has 1 N–H and O–H groups in total. The molecule has 90 valence electrons. The van der Waals surface area contributed by atoms with Crippen molar-refractivity contribution in [3.8, 4) is 0 Å². The number of nitrogens with zero attached hydrogens (tertiary/aromatic N) is 3. The number of halogens is 2. The predicted molar refractivity (Wildman–Crippen MR) is 63.1 cm³/mol. The summed E-state index contributed by atoms with van der Waals surface area (Å²) in [5.41, 5.74) is 0. The van der Waals surface area contributed by atoms with E-state index in [2.05, 4.69) is 36.4 Å². The lowest BCUT2D eigenvalue weighted by molar-refractivity contribution is 0.377. The molecule has 0 bridgehead atoms. The molecule has 0 fully saturated rings. The van der Waals surface area contributed by atoms with Crippen molar-refractivity contribution >= 4 is 21.7 Å². The van der Waals surface area contributed by atoms with E-state index in [0.29, 0.717) is 29.2 Å². The van der Waals surface area contributed by atoms with Gasteiger partial charge in [-0.1, -0.05) is 5.16 Å². The quantitative estimate of drug-likeness (QED) is 0.939. The minimum atomic E-state index is -0.402. The molecule has 0 aliphatic rings. The molecule has 5 nitrogen and oxygen atoms in total. The summed E-state index contributed by atoms with van der Waals surface area (Å²) in [5, 5.41) is 6.52. The van der Waals surface area contributed by atoms with E-state index in [0.717, 1.165) is 0 Å². The van der Waals surface area contributed by atoms with Gasteiger partial charge in [-0.25, -0.2) is 9.37 Å². The van der Waals surface area contributed by atoms with E-state index in [4.69, 9.17) is 4.52 Å². The summed E-state index contributed by atoms with van der Waals surface area (Å²) in [6.45, 7) is 2.23. The second-order valence-electron chi connectivity index (χ2n) is 3.40. The molecule has 0 amide bonds. The first-order valence-electron chi connectivity index (χ1n) is 4.99. The third-order valence-electron chi connectivity index (χ3n) is 2.01. The number of nitrogens with one attached hydrogen (secondary N) is 1. The number of hydrogen-bond acceptors (Lipinski definition) is 5. The Hall–Kier alpha value is -1.50. The Balaban J connectivity index is 1.90. The van der Waals surface area contributed by atoms with Crippen molar-refractivity contribution in [2.45, 2.75) is 13.3 Å². The van der Waals surface area contributed by atoms with Gasteiger partial charge in [-0.05, 0) is 28.9 Å². The summed E-state index contributed by atoms with van der Waals surface area (Å²) in [6.07, 6.45) is 2.06. The lowest BCUT2D eigenvalue weighted by Crippen LogP contribution is -2.08. The maximum absolute atomic E-state index is 13.4. The van der Waals surface area contributed by atoms with Gasteiger partial charge in [-0.2, -0.15) is 4.98 Å². The highest BCUT2D eigenvalue weighted by Crippen LogP contribution is 2.15. The van der Waals surface area contributed by atoms with Crippen LogP contribution in [0, 0.1) is 12.7 Å². The van der Waals surface area contributed by atoms with Crippen molar-refractivity contribution in [3.05, 3.63) is 34.3 Å². The fourth-order valence-corrected chi connectivity index (χ4v) is 1.58. The molecule has 2 heterocycles. The summed E-state index contributed by atoms with van der Waals surface area (Å²) in [7, 11) is 0. The van der Waals surface area contributed by atoms with Gasteiger partial charge in [-0.3, -0.25) is 0 Å². The fourth-order valence-electron chi connectivity index (χ4n) is 1.27. The van der Waals surface area contributed by atoms with Gasteiger partial charge >= 0.3 is 0 Å². The van der Waals surface area contributed by atoms with Crippen LogP contribution in [0.5, 0.6) is 0 Å². The Morgan fingerprint density at radius 2 is 2.35 bits per heavy atom. The molecule has 0 atom stereocenters. The van der Waals surface area contributed by atoms with Crippen molar-refractivity contribution in [1.82, 2.24) is 15.1 Å². The molecule has 0 aliphatic carbocycles. The second kappa shape index (κ2) is 5.22. The number of hydrogen-bond donors (Lipinski definition) is 1. The molecular weight excluding hydrogens is 291 g/mol. The predicted octanol–water partition coefficient (Wildman–Crippen LogP) is 2.33. The van der Waals surface area contributed by atoms with Gasteiger partial charge in [0.1, 0.15) is 0 Å². The molecule has 0 saturated carbocycles. The molecule has 2 rings (SSSR count). The number of aryl methyl sites for hydroxylation is 1. The van der Waals surface area contributed by atoms with E-state index < -0.39 is 5.82 Å². The number of anilines is 1. The highest BCUT2D eigenvalue weighted by Gasteiger charge is 2.05. The van der Waals surface area contributed by atoms with Crippen molar-refractivity contribution < 1.29 is 8.91 Å².